The second kappa shape index (κ2) is 1.54. The molecular weight excluding hydrogens is 100 g/mol. The van der Waals surface area contributed by atoms with Gasteiger partial charge in [-0.25, -0.2) is 0 Å². The SMILES string of the molecule is [CH2-]n1c(C)cnc1C. The standard InChI is InChI=1S/C6H9N2/c1-5-4-7-6(2)8(5)3/h4H,3H2,1-2H3/q-1. The van der Waals surface area contributed by atoms with Crippen molar-refractivity contribution in [1.29, 1.82) is 0 Å². The quantitative estimate of drug-likeness (QED) is 0.457. The first-order chi connectivity index (χ1) is 3.72. The predicted molar refractivity (Wildman–Crippen MR) is 32.5 cm³/mol. The summed E-state index contributed by atoms with van der Waals surface area (Å²) in [4.78, 5) is 4.02. The van der Waals surface area contributed by atoms with Gasteiger partial charge in [0.15, 0.2) is 0 Å². The molecule has 0 N–H and O–H groups in total. The summed E-state index contributed by atoms with van der Waals surface area (Å²) < 4.78 is 1.81. The lowest BCUT2D eigenvalue weighted by molar-refractivity contribution is 0.940. The fraction of sp³-hybridized carbons (Fsp3) is 0.333. The first kappa shape index (κ1) is 5.22. The summed E-state index contributed by atoms with van der Waals surface area (Å²) >= 11 is 0. The molecule has 1 aromatic rings. The summed E-state index contributed by atoms with van der Waals surface area (Å²) in [6.45, 7) is 3.91. The molecule has 2 heteroatoms. The average molecular weight is 109 g/mol. The number of hydrogen-bond acceptors (Lipinski definition) is 1. The molecule has 0 radical (unpaired) electrons. The van der Waals surface area contributed by atoms with Crippen molar-refractivity contribution in [3.05, 3.63) is 24.8 Å². The Bertz CT molecular complexity index is 169. The van der Waals surface area contributed by atoms with Gasteiger partial charge in [0.25, 0.3) is 0 Å². The highest BCUT2D eigenvalue weighted by atomic mass is 15.0. The molecule has 0 spiro atoms. The molecule has 0 aliphatic carbocycles. The summed E-state index contributed by atoms with van der Waals surface area (Å²) in [6.07, 6.45) is 1.81. The van der Waals surface area contributed by atoms with Crippen LogP contribution in [0.5, 0.6) is 0 Å². The van der Waals surface area contributed by atoms with E-state index in [1.54, 1.807) is 4.57 Å². The van der Waals surface area contributed by atoms with E-state index in [1.807, 2.05) is 20.0 Å². The number of aromatic nitrogens is 2. The molecule has 0 bridgehead atoms. The zero-order valence-electron chi connectivity index (χ0n) is 5.18. The maximum Gasteiger partial charge on any atom is -0.000882 e. The Balaban J connectivity index is 3.19. The van der Waals surface area contributed by atoms with E-state index in [0.717, 1.165) is 11.5 Å². The molecule has 0 saturated carbocycles. The molecule has 0 aliphatic heterocycles. The molecule has 0 fully saturated rings. The molecule has 2 nitrogen and oxygen atoms in total. The van der Waals surface area contributed by atoms with Gasteiger partial charge in [-0.15, -0.1) is 7.05 Å². The van der Waals surface area contributed by atoms with Crippen molar-refractivity contribution in [2.24, 2.45) is 0 Å². The van der Waals surface area contributed by atoms with Gasteiger partial charge in [-0.3, -0.25) is 0 Å². The molecule has 1 rings (SSSR count). The van der Waals surface area contributed by atoms with Crippen LogP contribution in [-0.4, -0.2) is 9.55 Å². The normalized spacial score (nSPS) is 9.75. The first-order valence-corrected chi connectivity index (χ1v) is 2.53. The molecule has 1 heterocycles. The Morgan fingerprint density at radius 3 is 2.38 bits per heavy atom. The second-order valence-corrected chi connectivity index (χ2v) is 1.87. The molecule has 0 aromatic carbocycles. The van der Waals surface area contributed by atoms with Crippen LogP contribution in [0, 0.1) is 20.9 Å². The topological polar surface area (TPSA) is 17.8 Å². The fourth-order valence-electron chi connectivity index (χ4n) is 0.581. The summed E-state index contributed by atoms with van der Waals surface area (Å²) in [5.74, 6) is 0.961. The van der Waals surface area contributed by atoms with Crippen molar-refractivity contribution in [2.75, 3.05) is 0 Å². The molecule has 0 unspecified atom stereocenters. The third-order valence-electron chi connectivity index (χ3n) is 1.25. The Morgan fingerprint density at radius 2 is 2.25 bits per heavy atom. The molecule has 8 heavy (non-hydrogen) atoms. The van der Waals surface area contributed by atoms with Crippen LogP contribution in [0.4, 0.5) is 0 Å². The van der Waals surface area contributed by atoms with Gasteiger partial charge >= 0.3 is 0 Å². The van der Waals surface area contributed by atoms with Crippen molar-refractivity contribution in [2.45, 2.75) is 13.8 Å². The van der Waals surface area contributed by atoms with Gasteiger partial charge in [0.2, 0.25) is 0 Å². The third-order valence-corrected chi connectivity index (χ3v) is 1.25. The summed E-state index contributed by atoms with van der Waals surface area (Å²) in [5.41, 5.74) is 1.10. The number of imidazole rings is 1. The number of hydrogen-bond donors (Lipinski definition) is 0. The van der Waals surface area contributed by atoms with Gasteiger partial charge in [0, 0.05) is 0 Å². The summed E-state index contributed by atoms with van der Waals surface area (Å²) in [5, 5.41) is 0. The van der Waals surface area contributed by atoms with Gasteiger partial charge in [-0.2, -0.15) is 0 Å². The van der Waals surface area contributed by atoms with Gasteiger partial charge < -0.3 is 9.55 Å². The van der Waals surface area contributed by atoms with E-state index in [9.17, 15) is 0 Å². The van der Waals surface area contributed by atoms with Crippen LogP contribution in [-0.2, 0) is 0 Å². The van der Waals surface area contributed by atoms with Gasteiger partial charge in [-0.05, 0) is 12.0 Å². The van der Waals surface area contributed by atoms with Crippen LogP contribution in [0.1, 0.15) is 11.5 Å². The zero-order valence-corrected chi connectivity index (χ0v) is 5.18. The van der Waals surface area contributed by atoms with Crippen LogP contribution in [0.2, 0.25) is 0 Å². The van der Waals surface area contributed by atoms with Gasteiger partial charge in [0.1, 0.15) is 0 Å². The van der Waals surface area contributed by atoms with Crippen LogP contribution in [0.25, 0.3) is 0 Å². The Morgan fingerprint density at radius 1 is 1.62 bits per heavy atom. The number of nitrogens with zero attached hydrogens (tertiary/aromatic N) is 2. The fourth-order valence-corrected chi connectivity index (χ4v) is 0.581. The van der Waals surface area contributed by atoms with Crippen molar-refractivity contribution < 1.29 is 0 Å². The minimum Gasteiger partial charge on any atom is -0.472 e. The van der Waals surface area contributed by atoms with E-state index >= 15 is 0 Å². The average Bonchev–Trinajstić information content (AvgIpc) is 1.98. The minimum atomic E-state index is 0.961. The van der Waals surface area contributed by atoms with Crippen molar-refractivity contribution in [3.63, 3.8) is 0 Å². The lowest BCUT2D eigenvalue weighted by Crippen LogP contribution is -1.89. The lowest BCUT2D eigenvalue weighted by atomic mass is 10.5. The van der Waals surface area contributed by atoms with Gasteiger partial charge in [-0.1, -0.05) is 19.5 Å². The number of rotatable bonds is 0. The second-order valence-electron chi connectivity index (χ2n) is 1.87. The van der Waals surface area contributed by atoms with E-state index < -0.39 is 0 Å². The highest BCUT2D eigenvalue weighted by Gasteiger charge is 1.82. The number of aryl methyl sites for hydroxylation is 2. The Hall–Kier alpha value is -0.920. The van der Waals surface area contributed by atoms with Crippen molar-refractivity contribution in [1.82, 2.24) is 9.55 Å². The molecular formula is C6H9N2-. The monoisotopic (exact) mass is 109 g/mol. The van der Waals surface area contributed by atoms with Crippen LogP contribution >= 0.6 is 0 Å². The van der Waals surface area contributed by atoms with E-state index in [1.165, 1.54) is 0 Å². The molecule has 44 valence electrons. The Kier molecular flexibility index (Phi) is 1.01. The summed E-state index contributed by atoms with van der Waals surface area (Å²) in [6, 6.07) is 0. The van der Waals surface area contributed by atoms with E-state index in [2.05, 4.69) is 12.0 Å². The Labute approximate surface area is 49.2 Å². The first-order valence-electron chi connectivity index (χ1n) is 2.53. The van der Waals surface area contributed by atoms with Crippen LogP contribution in [0.15, 0.2) is 6.20 Å². The largest absolute Gasteiger partial charge is 0.472 e. The lowest BCUT2D eigenvalue weighted by Gasteiger charge is -2.05. The van der Waals surface area contributed by atoms with Crippen LogP contribution in [0.3, 0.4) is 0 Å². The molecule has 1 aromatic heterocycles. The maximum atomic E-state index is 4.02. The zero-order chi connectivity index (χ0) is 6.15. The minimum absolute atomic E-state index is 0.961. The van der Waals surface area contributed by atoms with Gasteiger partial charge in [0.05, 0.1) is 0 Å². The van der Waals surface area contributed by atoms with Crippen molar-refractivity contribution in [3.8, 4) is 0 Å². The maximum absolute atomic E-state index is 4.02. The molecule has 0 aliphatic rings. The smallest absolute Gasteiger partial charge is 0.000882 e. The third kappa shape index (κ3) is 0.579. The molecule has 0 saturated heterocycles. The highest BCUT2D eigenvalue weighted by Crippen LogP contribution is 1.98. The summed E-state index contributed by atoms with van der Waals surface area (Å²) in [7, 11) is 3.73. The van der Waals surface area contributed by atoms with Crippen molar-refractivity contribution >= 4 is 0 Å². The van der Waals surface area contributed by atoms with E-state index in [-0.39, 0.29) is 0 Å². The van der Waals surface area contributed by atoms with Crippen LogP contribution < -0.4 is 0 Å². The molecule has 0 amide bonds. The highest BCUT2D eigenvalue weighted by molar-refractivity contribution is 5.02. The predicted octanol–water partition coefficient (Wildman–Crippen LogP) is 1.14. The molecule has 0 atom stereocenters. The van der Waals surface area contributed by atoms with E-state index in [0.29, 0.717) is 0 Å². The van der Waals surface area contributed by atoms with E-state index in [4.69, 9.17) is 0 Å².